The van der Waals surface area contributed by atoms with Crippen molar-refractivity contribution >= 4 is 23.2 Å². The van der Waals surface area contributed by atoms with E-state index >= 15 is 0 Å². The predicted octanol–water partition coefficient (Wildman–Crippen LogP) is 5.81. The van der Waals surface area contributed by atoms with Crippen molar-refractivity contribution in [2.75, 3.05) is 23.3 Å². The summed E-state index contributed by atoms with van der Waals surface area (Å²) in [4.78, 5) is 28.3. The SMILES string of the molecule is CCCCc1ccc(C(=O)Nc2ccc(N3CCCC3)c(C(=O)NCc3ccccc3)c2)cc1. The number of rotatable bonds is 9. The Labute approximate surface area is 202 Å². The van der Waals surface area contributed by atoms with Crippen molar-refractivity contribution in [3.8, 4) is 0 Å². The molecule has 176 valence electrons. The Morgan fingerprint density at radius 1 is 0.853 bits per heavy atom. The predicted molar refractivity (Wildman–Crippen MR) is 139 cm³/mol. The topological polar surface area (TPSA) is 61.4 Å². The van der Waals surface area contributed by atoms with Crippen molar-refractivity contribution in [2.45, 2.75) is 45.6 Å². The quantitative estimate of drug-likeness (QED) is 0.428. The molecule has 0 saturated carbocycles. The number of nitrogens with one attached hydrogen (secondary N) is 2. The summed E-state index contributed by atoms with van der Waals surface area (Å²) in [5.74, 6) is -0.311. The van der Waals surface area contributed by atoms with Gasteiger partial charge >= 0.3 is 0 Å². The molecule has 1 aliphatic heterocycles. The molecular weight excluding hydrogens is 422 g/mol. The standard InChI is InChI=1S/C29H33N3O2/c1-2-3-9-22-12-14-24(15-13-22)28(33)31-25-16-17-27(32-18-7-8-19-32)26(20-25)29(34)30-21-23-10-5-4-6-11-23/h4-6,10-17,20H,2-3,7-9,18-19,21H2,1H3,(H,30,34)(H,31,33). The number of hydrogen-bond donors (Lipinski definition) is 2. The van der Waals surface area contributed by atoms with Gasteiger partial charge in [-0.25, -0.2) is 0 Å². The van der Waals surface area contributed by atoms with E-state index in [2.05, 4.69) is 22.5 Å². The number of carbonyl (C=O) groups is 2. The van der Waals surface area contributed by atoms with Crippen molar-refractivity contribution in [2.24, 2.45) is 0 Å². The smallest absolute Gasteiger partial charge is 0.255 e. The van der Waals surface area contributed by atoms with E-state index in [1.807, 2.05) is 66.7 Å². The summed E-state index contributed by atoms with van der Waals surface area (Å²) in [7, 11) is 0. The number of anilines is 2. The maximum Gasteiger partial charge on any atom is 0.255 e. The lowest BCUT2D eigenvalue weighted by molar-refractivity contribution is 0.0950. The zero-order valence-electron chi connectivity index (χ0n) is 19.8. The third-order valence-corrected chi connectivity index (χ3v) is 6.28. The fourth-order valence-electron chi connectivity index (χ4n) is 4.31. The molecule has 0 spiro atoms. The van der Waals surface area contributed by atoms with Crippen LogP contribution in [0.1, 0.15) is 64.4 Å². The Kier molecular flexibility index (Phi) is 7.97. The highest BCUT2D eigenvalue weighted by Crippen LogP contribution is 2.28. The molecule has 0 atom stereocenters. The van der Waals surface area contributed by atoms with Crippen LogP contribution in [0.2, 0.25) is 0 Å². The molecule has 0 bridgehead atoms. The lowest BCUT2D eigenvalue weighted by atomic mass is 10.1. The maximum atomic E-state index is 13.2. The first-order chi connectivity index (χ1) is 16.6. The van der Waals surface area contributed by atoms with Gasteiger partial charge in [0.15, 0.2) is 0 Å². The van der Waals surface area contributed by atoms with Crippen LogP contribution in [0.25, 0.3) is 0 Å². The first-order valence-corrected chi connectivity index (χ1v) is 12.3. The Morgan fingerprint density at radius 3 is 2.29 bits per heavy atom. The van der Waals surface area contributed by atoms with Gasteiger partial charge in [-0.15, -0.1) is 0 Å². The van der Waals surface area contributed by atoms with E-state index in [-0.39, 0.29) is 11.8 Å². The molecule has 3 aromatic rings. The first-order valence-electron chi connectivity index (χ1n) is 12.3. The van der Waals surface area contributed by atoms with Crippen molar-refractivity contribution in [1.29, 1.82) is 0 Å². The lowest BCUT2D eigenvalue weighted by Crippen LogP contribution is -2.27. The van der Waals surface area contributed by atoms with Crippen LogP contribution in [-0.4, -0.2) is 24.9 Å². The van der Waals surface area contributed by atoms with E-state index in [0.717, 1.165) is 56.4 Å². The van der Waals surface area contributed by atoms with Crippen LogP contribution < -0.4 is 15.5 Å². The summed E-state index contributed by atoms with van der Waals surface area (Å²) in [6.45, 7) is 4.51. The highest BCUT2D eigenvalue weighted by molar-refractivity contribution is 6.06. The van der Waals surface area contributed by atoms with Crippen LogP contribution in [0.15, 0.2) is 72.8 Å². The fourth-order valence-corrected chi connectivity index (χ4v) is 4.31. The first kappa shape index (κ1) is 23.6. The fraction of sp³-hybridized carbons (Fsp3) is 0.310. The van der Waals surface area contributed by atoms with Gasteiger partial charge < -0.3 is 15.5 Å². The zero-order valence-corrected chi connectivity index (χ0v) is 19.8. The molecule has 34 heavy (non-hydrogen) atoms. The minimum absolute atomic E-state index is 0.137. The van der Waals surface area contributed by atoms with Crippen LogP contribution in [0.3, 0.4) is 0 Å². The number of nitrogens with zero attached hydrogens (tertiary/aromatic N) is 1. The average Bonchev–Trinajstić information content (AvgIpc) is 3.42. The summed E-state index contributed by atoms with van der Waals surface area (Å²) in [6, 6.07) is 23.3. The highest BCUT2D eigenvalue weighted by atomic mass is 16.2. The van der Waals surface area contributed by atoms with Gasteiger partial charge in [0.25, 0.3) is 11.8 Å². The second-order valence-corrected chi connectivity index (χ2v) is 8.85. The van der Waals surface area contributed by atoms with E-state index in [4.69, 9.17) is 0 Å². The maximum absolute atomic E-state index is 13.2. The normalized spacial score (nSPS) is 13.0. The Morgan fingerprint density at radius 2 is 1.59 bits per heavy atom. The molecule has 1 saturated heterocycles. The minimum Gasteiger partial charge on any atom is -0.371 e. The van der Waals surface area contributed by atoms with Crippen molar-refractivity contribution in [3.05, 3.63) is 95.1 Å². The van der Waals surface area contributed by atoms with Crippen LogP contribution >= 0.6 is 0 Å². The van der Waals surface area contributed by atoms with E-state index in [9.17, 15) is 9.59 Å². The monoisotopic (exact) mass is 455 g/mol. The largest absolute Gasteiger partial charge is 0.371 e. The molecule has 1 aliphatic rings. The van der Waals surface area contributed by atoms with Gasteiger partial charge in [-0.05, 0) is 67.1 Å². The Balaban J connectivity index is 1.50. The Hall–Kier alpha value is -3.60. The van der Waals surface area contributed by atoms with Crippen LogP contribution in [0, 0.1) is 0 Å². The summed E-state index contributed by atoms with van der Waals surface area (Å²) in [5.41, 5.74) is 5.02. The van der Waals surface area contributed by atoms with Gasteiger partial charge in [-0.1, -0.05) is 55.8 Å². The number of unbranched alkanes of at least 4 members (excludes halogenated alkanes) is 1. The number of hydrogen-bond acceptors (Lipinski definition) is 3. The average molecular weight is 456 g/mol. The number of amides is 2. The summed E-state index contributed by atoms with van der Waals surface area (Å²) < 4.78 is 0. The van der Waals surface area contributed by atoms with E-state index in [1.165, 1.54) is 5.56 Å². The third kappa shape index (κ3) is 6.04. The van der Waals surface area contributed by atoms with E-state index in [1.54, 1.807) is 6.07 Å². The van der Waals surface area contributed by atoms with E-state index in [0.29, 0.717) is 23.4 Å². The molecule has 2 amide bonds. The van der Waals surface area contributed by atoms with Crippen LogP contribution in [0.5, 0.6) is 0 Å². The molecule has 0 unspecified atom stereocenters. The van der Waals surface area contributed by atoms with Gasteiger partial charge in [-0.3, -0.25) is 9.59 Å². The van der Waals surface area contributed by atoms with Gasteiger partial charge in [0, 0.05) is 36.6 Å². The molecule has 2 N–H and O–H groups in total. The molecule has 5 nitrogen and oxygen atoms in total. The summed E-state index contributed by atoms with van der Waals surface area (Å²) in [5, 5.41) is 6.01. The van der Waals surface area contributed by atoms with Crippen LogP contribution in [-0.2, 0) is 13.0 Å². The van der Waals surface area contributed by atoms with Gasteiger partial charge in [0.05, 0.1) is 5.56 Å². The van der Waals surface area contributed by atoms with E-state index < -0.39 is 0 Å². The molecule has 0 aliphatic carbocycles. The molecule has 5 heteroatoms. The van der Waals surface area contributed by atoms with Gasteiger partial charge in [0.1, 0.15) is 0 Å². The van der Waals surface area contributed by atoms with Gasteiger partial charge in [-0.2, -0.15) is 0 Å². The van der Waals surface area contributed by atoms with Crippen molar-refractivity contribution in [3.63, 3.8) is 0 Å². The minimum atomic E-state index is -0.174. The molecule has 1 heterocycles. The molecule has 0 radical (unpaired) electrons. The third-order valence-electron chi connectivity index (χ3n) is 6.28. The van der Waals surface area contributed by atoms with Gasteiger partial charge in [0.2, 0.25) is 0 Å². The molecular formula is C29H33N3O2. The lowest BCUT2D eigenvalue weighted by Gasteiger charge is -2.22. The summed E-state index contributed by atoms with van der Waals surface area (Å²) >= 11 is 0. The van der Waals surface area contributed by atoms with Crippen LogP contribution in [0.4, 0.5) is 11.4 Å². The second kappa shape index (κ2) is 11.5. The van der Waals surface area contributed by atoms with Crippen molar-refractivity contribution < 1.29 is 9.59 Å². The summed E-state index contributed by atoms with van der Waals surface area (Å²) in [6.07, 6.45) is 5.56. The zero-order chi connectivity index (χ0) is 23.8. The second-order valence-electron chi connectivity index (χ2n) is 8.85. The molecule has 0 aromatic heterocycles. The highest BCUT2D eigenvalue weighted by Gasteiger charge is 2.20. The number of benzene rings is 3. The number of carbonyl (C=O) groups excluding carboxylic acids is 2. The Bertz CT molecular complexity index is 1100. The van der Waals surface area contributed by atoms with Crippen molar-refractivity contribution in [1.82, 2.24) is 5.32 Å². The molecule has 3 aromatic carbocycles. The molecule has 1 fully saturated rings. The molecule has 4 rings (SSSR count). The number of aryl methyl sites for hydroxylation is 1.